The summed E-state index contributed by atoms with van der Waals surface area (Å²) in [6.07, 6.45) is 0. The molecule has 1 aromatic heterocycles. The summed E-state index contributed by atoms with van der Waals surface area (Å²) < 4.78 is 5.91. The molecule has 0 amide bonds. The second-order valence-electron chi connectivity index (χ2n) is 5.15. The van der Waals surface area contributed by atoms with E-state index in [1.165, 1.54) is 0 Å². The zero-order valence-corrected chi connectivity index (χ0v) is 14.2. The van der Waals surface area contributed by atoms with Crippen LogP contribution in [-0.2, 0) is 13.2 Å². The molecule has 0 saturated heterocycles. The minimum Gasteiger partial charge on any atom is -0.487 e. The van der Waals surface area contributed by atoms with Gasteiger partial charge in [0.15, 0.2) is 0 Å². The number of ether oxygens (including phenoxy) is 1. The maximum atomic E-state index is 6.06. The number of thiazole rings is 1. The fourth-order valence-corrected chi connectivity index (χ4v) is 2.91. The predicted octanol–water partition coefficient (Wildman–Crippen LogP) is 4.61. The average Bonchev–Trinajstić information content (AvgIpc) is 2.93. The van der Waals surface area contributed by atoms with E-state index in [0.717, 1.165) is 40.1 Å². The number of hydrogen-bond acceptors (Lipinski definition) is 4. The molecule has 2 aromatic rings. The molecule has 21 heavy (non-hydrogen) atoms. The summed E-state index contributed by atoms with van der Waals surface area (Å²) in [5.41, 5.74) is 2.05. The average molecular weight is 325 g/mol. The largest absolute Gasteiger partial charge is 0.487 e. The highest BCUT2D eigenvalue weighted by atomic mass is 35.5. The van der Waals surface area contributed by atoms with Gasteiger partial charge in [-0.05, 0) is 24.7 Å². The van der Waals surface area contributed by atoms with Crippen molar-refractivity contribution in [3.05, 3.63) is 44.9 Å². The molecule has 114 valence electrons. The maximum Gasteiger partial charge on any atom is 0.131 e. The van der Waals surface area contributed by atoms with Gasteiger partial charge >= 0.3 is 0 Å². The Morgan fingerprint density at radius 1 is 1.38 bits per heavy atom. The van der Waals surface area contributed by atoms with E-state index < -0.39 is 0 Å². The van der Waals surface area contributed by atoms with Crippen LogP contribution in [0.2, 0.25) is 5.02 Å². The molecule has 0 aliphatic rings. The smallest absolute Gasteiger partial charge is 0.131 e. The SMILES string of the molecule is CCNCc1cc(Cl)ccc1OCc1csc(C(C)C)n1. The van der Waals surface area contributed by atoms with Crippen molar-refractivity contribution in [1.29, 1.82) is 0 Å². The fourth-order valence-electron chi connectivity index (χ4n) is 1.89. The minimum atomic E-state index is 0.462. The zero-order chi connectivity index (χ0) is 15.2. The van der Waals surface area contributed by atoms with E-state index in [1.807, 2.05) is 18.2 Å². The van der Waals surface area contributed by atoms with Gasteiger partial charge in [0.05, 0.1) is 10.7 Å². The molecule has 2 rings (SSSR count). The highest BCUT2D eigenvalue weighted by molar-refractivity contribution is 7.09. The number of aromatic nitrogens is 1. The second kappa shape index (κ2) is 7.78. The van der Waals surface area contributed by atoms with Crippen molar-refractivity contribution < 1.29 is 4.74 Å². The Morgan fingerprint density at radius 3 is 2.86 bits per heavy atom. The van der Waals surface area contributed by atoms with Gasteiger partial charge in [-0.1, -0.05) is 32.4 Å². The lowest BCUT2D eigenvalue weighted by molar-refractivity contribution is 0.298. The molecule has 0 aliphatic heterocycles. The minimum absolute atomic E-state index is 0.462. The molecule has 0 radical (unpaired) electrons. The second-order valence-corrected chi connectivity index (χ2v) is 6.48. The zero-order valence-electron chi connectivity index (χ0n) is 12.6. The highest BCUT2D eigenvalue weighted by Gasteiger charge is 2.08. The van der Waals surface area contributed by atoms with Crippen molar-refractivity contribution in [2.75, 3.05) is 6.54 Å². The van der Waals surface area contributed by atoms with E-state index >= 15 is 0 Å². The first-order valence-electron chi connectivity index (χ1n) is 7.16. The monoisotopic (exact) mass is 324 g/mol. The van der Waals surface area contributed by atoms with Crippen LogP contribution in [0.5, 0.6) is 5.75 Å². The van der Waals surface area contributed by atoms with E-state index in [1.54, 1.807) is 11.3 Å². The van der Waals surface area contributed by atoms with Crippen molar-refractivity contribution >= 4 is 22.9 Å². The van der Waals surface area contributed by atoms with Crippen LogP contribution in [0.1, 0.15) is 43.0 Å². The van der Waals surface area contributed by atoms with Crippen LogP contribution in [0.3, 0.4) is 0 Å². The summed E-state index contributed by atoms with van der Waals surface area (Å²) in [6.45, 7) is 8.53. The normalized spacial score (nSPS) is 11.1. The Bertz CT molecular complexity index is 583. The summed E-state index contributed by atoms with van der Waals surface area (Å²) in [5, 5.41) is 7.24. The Morgan fingerprint density at radius 2 is 2.19 bits per heavy atom. The number of nitrogens with one attached hydrogen (secondary N) is 1. The first-order chi connectivity index (χ1) is 10.1. The molecule has 3 nitrogen and oxygen atoms in total. The Balaban J connectivity index is 2.04. The lowest BCUT2D eigenvalue weighted by atomic mass is 10.2. The Kier molecular flexibility index (Phi) is 6.03. The van der Waals surface area contributed by atoms with Gasteiger partial charge in [0.1, 0.15) is 12.4 Å². The molecule has 0 unspecified atom stereocenters. The van der Waals surface area contributed by atoms with Gasteiger partial charge in [-0.25, -0.2) is 4.98 Å². The van der Waals surface area contributed by atoms with Crippen LogP contribution in [0.15, 0.2) is 23.6 Å². The Hall–Kier alpha value is -1.10. The lowest BCUT2D eigenvalue weighted by Gasteiger charge is -2.11. The quantitative estimate of drug-likeness (QED) is 0.807. The number of nitrogens with zero attached hydrogens (tertiary/aromatic N) is 1. The topological polar surface area (TPSA) is 34.1 Å². The van der Waals surface area contributed by atoms with Crippen LogP contribution in [-0.4, -0.2) is 11.5 Å². The molecule has 0 saturated carbocycles. The summed E-state index contributed by atoms with van der Waals surface area (Å²) in [4.78, 5) is 4.59. The molecule has 5 heteroatoms. The number of halogens is 1. The molecule has 1 aromatic carbocycles. The van der Waals surface area contributed by atoms with Crippen LogP contribution in [0.4, 0.5) is 0 Å². The molecule has 0 aliphatic carbocycles. The van der Waals surface area contributed by atoms with E-state index in [-0.39, 0.29) is 0 Å². The van der Waals surface area contributed by atoms with Gasteiger partial charge in [0.25, 0.3) is 0 Å². The van der Waals surface area contributed by atoms with Crippen LogP contribution < -0.4 is 10.1 Å². The van der Waals surface area contributed by atoms with Gasteiger partial charge in [0, 0.05) is 28.4 Å². The van der Waals surface area contributed by atoms with Crippen LogP contribution in [0, 0.1) is 0 Å². The molecule has 0 bridgehead atoms. The maximum absolute atomic E-state index is 6.06. The summed E-state index contributed by atoms with van der Waals surface area (Å²) in [7, 11) is 0. The van der Waals surface area contributed by atoms with Crippen molar-refractivity contribution in [1.82, 2.24) is 10.3 Å². The van der Waals surface area contributed by atoms with E-state index in [0.29, 0.717) is 12.5 Å². The summed E-state index contributed by atoms with van der Waals surface area (Å²) >= 11 is 7.75. The van der Waals surface area contributed by atoms with E-state index in [9.17, 15) is 0 Å². The third-order valence-corrected chi connectivity index (χ3v) is 4.46. The number of rotatable bonds is 7. The van der Waals surface area contributed by atoms with Crippen LogP contribution in [0.25, 0.3) is 0 Å². The predicted molar refractivity (Wildman–Crippen MR) is 89.4 cm³/mol. The fraction of sp³-hybridized carbons (Fsp3) is 0.438. The van der Waals surface area contributed by atoms with Gasteiger partial charge in [-0.15, -0.1) is 11.3 Å². The van der Waals surface area contributed by atoms with Crippen LogP contribution >= 0.6 is 22.9 Å². The summed E-state index contributed by atoms with van der Waals surface area (Å²) in [6, 6.07) is 5.72. The Labute approximate surface area is 135 Å². The van der Waals surface area contributed by atoms with E-state index in [2.05, 4.69) is 36.5 Å². The molecular formula is C16H21ClN2OS. The first-order valence-corrected chi connectivity index (χ1v) is 8.42. The van der Waals surface area contributed by atoms with Gasteiger partial charge < -0.3 is 10.1 Å². The molecular weight excluding hydrogens is 304 g/mol. The molecule has 0 fully saturated rings. The number of hydrogen-bond donors (Lipinski definition) is 1. The lowest BCUT2D eigenvalue weighted by Crippen LogP contribution is -2.13. The van der Waals surface area contributed by atoms with Crippen molar-refractivity contribution in [2.45, 2.75) is 39.8 Å². The van der Waals surface area contributed by atoms with Crippen molar-refractivity contribution in [2.24, 2.45) is 0 Å². The molecule has 1 heterocycles. The van der Waals surface area contributed by atoms with Crippen molar-refractivity contribution in [3.8, 4) is 5.75 Å². The van der Waals surface area contributed by atoms with Gasteiger partial charge in [-0.2, -0.15) is 0 Å². The first kappa shape index (κ1) is 16.3. The number of benzene rings is 1. The third-order valence-electron chi connectivity index (χ3n) is 3.03. The van der Waals surface area contributed by atoms with Gasteiger partial charge in [0.2, 0.25) is 0 Å². The summed E-state index contributed by atoms with van der Waals surface area (Å²) in [5.74, 6) is 1.32. The molecule has 1 N–H and O–H groups in total. The van der Waals surface area contributed by atoms with E-state index in [4.69, 9.17) is 16.3 Å². The van der Waals surface area contributed by atoms with Crippen molar-refractivity contribution in [3.63, 3.8) is 0 Å². The standard InChI is InChI=1S/C16H21ClN2OS/c1-4-18-8-12-7-13(17)5-6-15(12)20-9-14-10-21-16(19-14)11(2)3/h5-7,10-11,18H,4,8-9H2,1-3H3. The third kappa shape index (κ3) is 4.70. The highest BCUT2D eigenvalue weighted by Crippen LogP contribution is 2.25. The molecule has 0 atom stereocenters. The van der Waals surface area contributed by atoms with Gasteiger partial charge in [-0.3, -0.25) is 0 Å². The molecule has 0 spiro atoms.